The van der Waals surface area contributed by atoms with Crippen molar-refractivity contribution in [2.24, 2.45) is 0 Å². The van der Waals surface area contributed by atoms with E-state index in [1.54, 1.807) is 18.2 Å². The van der Waals surface area contributed by atoms with Crippen molar-refractivity contribution in [1.82, 2.24) is 16.2 Å². The first-order chi connectivity index (χ1) is 12.5. The second-order valence-electron chi connectivity index (χ2n) is 5.47. The van der Waals surface area contributed by atoms with Crippen LogP contribution in [0.5, 0.6) is 0 Å². The van der Waals surface area contributed by atoms with Crippen LogP contribution in [0.1, 0.15) is 25.6 Å². The van der Waals surface area contributed by atoms with E-state index in [1.165, 1.54) is 11.3 Å². The fourth-order valence-corrected chi connectivity index (χ4v) is 3.88. The van der Waals surface area contributed by atoms with Crippen LogP contribution in [0.4, 0.5) is 0 Å². The fraction of sp³-hybridized carbons (Fsp3) is 0.0556. The third-order valence-corrected chi connectivity index (χ3v) is 5.42. The predicted molar refractivity (Wildman–Crippen MR) is 109 cm³/mol. The Bertz CT molecular complexity index is 1020. The molecule has 0 saturated heterocycles. The molecular weight excluding hydrogens is 390 g/mol. The van der Waals surface area contributed by atoms with E-state index >= 15 is 0 Å². The van der Waals surface area contributed by atoms with E-state index in [1.807, 2.05) is 37.3 Å². The summed E-state index contributed by atoms with van der Waals surface area (Å²) in [7, 11) is 0. The number of halogens is 1. The van der Waals surface area contributed by atoms with Crippen molar-refractivity contribution in [3.05, 3.63) is 69.6 Å². The number of thiophene rings is 1. The summed E-state index contributed by atoms with van der Waals surface area (Å²) in [5.41, 5.74) is 6.41. The van der Waals surface area contributed by atoms with Crippen molar-refractivity contribution in [3.8, 4) is 0 Å². The van der Waals surface area contributed by atoms with Gasteiger partial charge in [0.15, 0.2) is 5.11 Å². The van der Waals surface area contributed by atoms with Gasteiger partial charge in [0.05, 0.1) is 5.02 Å². The van der Waals surface area contributed by atoms with E-state index in [4.69, 9.17) is 23.8 Å². The minimum Gasteiger partial charge on any atom is -0.298 e. The van der Waals surface area contributed by atoms with Crippen molar-refractivity contribution < 1.29 is 9.59 Å². The Balaban J connectivity index is 1.61. The molecule has 0 saturated carbocycles. The number of rotatable bonds is 2. The zero-order chi connectivity index (χ0) is 18.7. The molecule has 0 aliphatic rings. The Kier molecular flexibility index (Phi) is 5.51. The van der Waals surface area contributed by atoms with Crippen LogP contribution in [0, 0.1) is 6.92 Å². The molecule has 5 nitrogen and oxygen atoms in total. The summed E-state index contributed by atoms with van der Waals surface area (Å²) in [5, 5.41) is 3.70. The Labute approximate surface area is 164 Å². The fourth-order valence-electron chi connectivity index (χ4n) is 2.32. The first kappa shape index (κ1) is 18.3. The summed E-state index contributed by atoms with van der Waals surface area (Å²) < 4.78 is 0.915. The van der Waals surface area contributed by atoms with Gasteiger partial charge in [-0.25, -0.2) is 0 Å². The van der Waals surface area contributed by atoms with Crippen molar-refractivity contribution in [3.63, 3.8) is 0 Å². The van der Waals surface area contributed by atoms with Crippen LogP contribution in [0.3, 0.4) is 0 Å². The second kappa shape index (κ2) is 7.82. The van der Waals surface area contributed by atoms with E-state index in [9.17, 15) is 9.59 Å². The highest BCUT2D eigenvalue weighted by atomic mass is 35.5. The number of fused-ring (bicyclic) bond motifs is 1. The van der Waals surface area contributed by atoms with Gasteiger partial charge < -0.3 is 0 Å². The largest absolute Gasteiger partial charge is 0.298 e. The Morgan fingerprint density at radius 2 is 1.81 bits per heavy atom. The van der Waals surface area contributed by atoms with Crippen molar-refractivity contribution in [1.29, 1.82) is 0 Å². The standard InChI is InChI=1S/C18H14ClN3O2S2/c1-10-5-4-6-11(9-10)16(23)20-18(25)22-21-17(24)15-14(19)12-7-2-3-8-13(12)26-15/h2-9H,1H3,(H,21,24)(H2,20,22,23,25). The molecule has 132 valence electrons. The van der Waals surface area contributed by atoms with Crippen LogP contribution < -0.4 is 16.2 Å². The summed E-state index contributed by atoms with van der Waals surface area (Å²) in [6, 6.07) is 14.6. The molecule has 3 rings (SSSR count). The molecule has 3 N–H and O–H groups in total. The molecule has 0 aliphatic carbocycles. The number of carbonyl (C=O) groups is 2. The van der Waals surface area contributed by atoms with Crippen LogP contribution in [0.15, 0.2) is 48.5 Å². The molecule has 0 fully saturated rings. The Morgan fingerprint density at radius 1 is 1.04 bits per heavy atom. The van der Waals surface area contributed by atoms with E-state index in [0.717, 1.165) is 15.6 Å². The van der Waals surface area contributed by atoms with E-state index in [2.05, 4.69) is 16.2 Å². The lowest BCUT2D eigenvalue weighted by Crippen LogP contribution is -2.48. The van der Waals surface area contributed by atoms with Gasteiger partial charge in [-0.1, -0.05) is 47.5 Å². The number of amides is 2. The number of aryl methyl sites for hydroxylation is 1. The Hall–Kier alpha value is -2.48. The van der Waals surface area contributed by atoms with Crippen LogP contribution in [0.2, 0.25) is 5.02 Å². The lowest BCUT2D eigenvalue weighted by Gasteiger charge is -2.10. The second-order valence-corrected chi connectivity index (χ2v) is 7.31. The van der Waals surface area contributed by atoms with E-state index < -0.39 is 5.91 Å². The highest BCUT2D eigenvalue weighted by molar-refractivity contribution is 7.80. The highest BCUT2D eigenvalue weighted by Crippen LogP contribution is 2.34. The number of hydrazine groups is 1. The molecule has 0 unspecified atom stereocenters. The van der Waals surface area contributed by atoms with Crippen LogP contribution in [-0.2, 0) is 0 Å². The maximum Gasteiger partial charge on any atom is 0.281 e. The summed E-state index contributed by atoms with van der Waals surface area (Å²) >= 11 is 12.6. The Morgan fingerprint density at radius 3 is 2.54 bits per heavy atom. The molecule has 0 spiro atoms. The summed E-state index contributed by atoms with van der Waals surface area (Å²) in [6.07, 6.45) is 0. The lowest BCUT2D eigenvalue weighted by molar-refractivity contribution is 0.0938. The minimum atomic E-state index is -0.427. The van der Waals surface area contributed by atoms with Crippen molar-refractivity contribution in [2.75, 3.05) is 0 Å². The first-order valence-electron chi connectivity index (χ1n) is 7.61. The molecular formula is C18H14ClN3O2S2. The number of carbonyl (C=O) groups excluding carboxylic acids is 2. The van der Waals surface area contributed by atoms with Gasteiger partial charge in [-0.2, -0.15) is 0 Å². The van der Waals surface area contributed by atoms with Gasteiger partial charge in [-0.3, -0.25) is 25.8 Å². The molecule has 8 heteroatoms. The van der Waals surface area contributed by atoms with Gasteiger partial charge in [0.25, 0.3) is 11.8 Å². The van der Waals surface area contributed by atoms with Gasteiger partial charge in [0.1, 0.15) is 4.88 Å². The minimum absolute atomic E-state index is 0.0120. The van der Waals surface area contributed by atoms with Crippen molar-refractivity contribution >= 4 is 62.2 Å². The lowest BCUT2D eigenvalue weighted by atomic mass is 10.1. The molecule has 3 aromatic rings. The third-order valence-electron chi connectivity index (χ3n) is 3.54. The van der Waals surface area contributed by atoms with E-state index in [0.29, 0.717) is 15.5 Å². The van der Waals surface area contributed by atoms with Gasteiger partial charge in [-0.05, 0) is 37.3 Å². The van der Waals surface area contributed by atoms with Crippen LogP contribution in [0.25, 0.3) is 10.1 Å². The van der Waals surface area contributed by atoms with E-state index in [-0.39, 0.29) is 11.0 Å². The van der Waals surface area contributed by atoms with Gasteiger partial charge in [0, 0.05) is 15.6 Å². The smallest absolute Gasteiger partial charge is 0.281 e. The maximum absolute atomic E-state index is 12.3. The van der Waals surface area contributed by atoms with Gasteiger partial charge >= 0.3 is 0 Å². The number of benzene rings is 2. The van der Waals surface area contributed by atoms with Crippen LogP contribution in [-0.4, -0.2) is 16.9 Å². The third kappa shape index (κ3) is 4.01. The van der Waals surface area contributed by atoms with Gasteiger partial charge in [0.2, 0.25) is 0 Å². The average Bonchev–Trinajstić information content (AvgIpc) is 2.97. The number of nitrogens with one attached hydrogen (secondary N) is 3. The summed E-state index contributed by atoms with van der Waals surface area (Å²) in [5.74, 6) is -0.788. The quantitative estimate of drug-likeness (QED) is 0.449. The molecule has 0 radical (unpaired) electrons. The molecule has 0 atom stereocenters. The topological polar surface area (TPSA) is 70.2 Å². The van der Waals surface area contributed by atoms with Crippen molar-refractivity contribution in [2.45, 2.75) is 6.92 Å². The summed E-state index contributed by atoms with van der Waals surface area (Å²) in [6.45, 7) is 1.89. The zero-order valence-electron chi connectivity index (χ0n) is 13.6. The number of thiocarbonyl (C=S) groups is 1. The molecule has 1 heterocycles. The molecule has 26 heavy (non-hydrogen) atoms. The predicted octanol–water partition coefficient (Wildman–Crippen LogP) is 3.81. The monoisotopic (exact) mass is 403 g/mol. The molecule has 0 bridgehead atoms. The molecule has 2 amide bonds. The summed E-state index contributed by atoms with van der Waals surface area (Å²) in [4.78, 5) is 24.8. The highest BCUT2D eigenvalue weighted by Gasteiger charge is 2.17. The normalized spacial score (nSPS) is 10.4. The molecule has 2 aromatic carbocycles. The average molecular weight is 404 g/mol. The number of hydrogen-bond acceptors (Lipinski definition) is 4. The maximum atomic E-state index is 12.3. The SMILES string of the molecule is Cc1cccc(C(=O)NC(=S)NNC(=O)c2sc3ccccc3c2Cl)c1. The molecule has 0 aliphatic heterocycles. The van der Waals surface area contributed by atoms with Crippen LogP contribution >= 0.6 is 35.2 Å². The zero-order valence-corrected chi connectivity index (χ0v) is 16.0. The van der Waals surface area contributed by atoms with Gasteiger partial charge in [-0.15, -0.1) is 11.3 Å². The molecule has 1 aromatic heterocycles. The first-order valence-corrected chi connectivity index (χ1v) is 9.21. The number of hydrogen-bond donors (Lipinski definition) is 3.